The molecule has 196 valence electrons. The number of nitrogens with zero attached hydrogens (tertiary/aromatic N) is 1. The van der Waals surface area contributed by atoms with Crippen molar-refractivity contribution in [3.63, 3.8) is 0 Å². The van der Waals surface area contributed by atoms with Crippen molar-refractivity contribution in [2.24, 2.45) is 11.7 Å². The Balaban J connectivity index is 0.00000134. The zero-order chi connectivity index (χ0) is 26.5. The molecule has 10 heteroatoms. The van der Waals surface area contributed by atoms with Crippen molar-refractivity contribution >= 4 is 35.4 Å². The first-order chi connectivity index (χ1) is 15.9. The SMILES string of the molecule is C=CC1CC1.CC.CC(Cl)C(=O)NCCC(NC(=O)OC(C)(C)C)C(=O)N1CCCC1C(N)=O. The van der Waals surface area contributed by atoms with Crippen molar-refractivity contribution in [1.82, 2.24) is 15.5 Å². The molecule has 3 unspecified atom stereocenters. The zero-order valence-electron chi connectivity index (χ0n) is 21.5. The standard InChI is InChI=1S/C17H29ClN4O5.C5H8.C2H6/c1-10(18)14(24)20-8-7-11(21-16(26)27-17(2,3)4)15(25)22-9-5-6-12(22)13(19)23;1-2-5-3-4-5;1-2/h10-12H,5-9H2,1-4H3,(H2,19,23)(H,20,24)(H,21,26);2,5H,1,3-4H2;1-2H3. The van der Waals surface area contributed by atoms with Gasteiger partial charge >= 0.3 is 6.09 Å². The van der Waals surface area contributed by atoms with E-state index in [0.717, 1.165) is 5.92 Å². The van der Waals surface area contributed by atoms with Gasteiger partial charge in [-0.1, -0.05) is 19.9 Å². The molecule has 1 aliphatic carbocycles. The number of amides is 4. The van der Waals surface area contributed by atoms with Crippen LogP contribution in [0.5, 0.6) is 0 Å². The predicted molar refractivity (Wildman–Crippen MR) is 134 cm³/mol. The number of hydrogen-bond donors (Lipinski definition) is 3. The molecule has 0 aromatic carbocycles. The van der Waals surface area contributed by atoms with Crippen LogP contribution in [0.1, 0.15) is 73.6 Å². The number of alkyl carbamates (subject to hydrolysis) is 1. The summed E-state index contributed by atoms with van der Waals surface area (Å²) < 4.78 is 5.20. The molecule has 1 heterocycles. The van der Waals surface area contributed by atoms with Gasteiger partial charge in [-0.15, -0.1) is 18.2 Å². The van der Waals surface area contributed by atoms with Gasteiger partial charge in [-0.05, 0) is 65.7 Å². The number of hydrogen-bond acceptors (Lipinski definition) is 5. The van der Waals surface area contributed by atoms with Gasteiger partial charge in [-0.2, -0.15) is 0 Å². The summed E-state index contributed by atoms with van der Waals surface area (Å²) in [5.74, 6) is -0.497. The van der Waals surface area contributed by atoms with E-state index < -0.39 is 41.0 Å². The van der Waals surface area contributed by atoms with Crippen molar-refractivity contribution in [3.8, 4) is 0 Å². The molecule has 1 saturated heterocycles. The minimum atomic E-state index is -0.967. The number of halogens is 1. The van der Waals surface area contributed by atoms with E-state index >= 15 is 0 Å². The first-order valence-electron chi connectivity index (χ1n) is 12.0. The van der Waals surface area contributed by atoms with Crippen LogP contribution in [0.25, 0.3) is 0 Å². The lowest BCUT2D eigenvalue weighted by Gasteiger charge is -2.29. The van der Waals surface area contributed by atoms with Crippen LogP contribution in [0.4, 0.5) is 4.79 Å². The third-order valence-corrected chi connectivity index (χ3v) is 5.10. The van der Waals surface area contributed by atoms with Gasteiger partial charge in [-0.3, -0.25) is 14.4 Å². The van der Waals surface area contributed by atoms with Crippen LogP contribution >= 0.6 is 11.6 Å². The molecule has 2 aliphatic rings. The molecule has 0 aromatic heterocycles. The number of likely N-dealkylation sites (tertiary alicyclic amines) is 1. The summed E-state index contributed by atoms with van der Waals surface area (Å²) >= 11 is 5.69. The number of rotatable bonds is 8. The molecular formula is C24H43ClN4O5. The van der Waals surface area contributed by atoms with E-state index in [2.05, 4.69) is 17.2 Å². The fraction of sp³-hybridized carbons (Fsp3) is 0.750. The molecule has 1 aliphatic heterocycles. The highest BCUT2D eigenvalue weighted by Gasteiger charge is 2.37. The van der Waals surface area contributed by atoms with Crippen LogP contribution < -0.4 is 16.4 Å². The van der Waals surface area contributed by atoms with Gasteiger partial charge in [0.2, 0.25) is 17.7 Å². The average Bonchev–Trinajstić information content (AvgIpc) is 3.47. The number of carbonyl (C=O) groups is 4. The monoisotopic (exact) mass is 502 g/mol. The maximum Gasteiger partial charge on any atom is 0.408 e. The second-order valence-corrected chi connectivity index (χ2v) is 9.71. The van der Waals surface area contributed by atoms with Gasteiger partial charge < -0.3 is 26.0 Å². The Morgan fingerprint density at radius 1 is 1.21 bits per heavy atom. The van der Waals surface area contributed by atoms with E-state index in [0.29, 0.717) is 19.4 Å². The lowest BCUT2D eigenvalue weighted by atomic mass is 10.1. The largest absolute Gasteiger partial charge is 0.444 e. The summed E-state index contributed by atoms with van der Waals surface area (Å²) in [6.07, 6.45) is 5.31. The van der Waals surface area contributed by atoms with Crippen molar-refractivity contribution in [2.75, 3.05) is 13.1 Å². The first kappa shape index (κ1) is 31.7. The number of primary amides is 1. The molecular weight excluding hydrogens is 460 g/mol. The Kier molecular flexibility index (Phi) is 14.5. The number of nitrogens with one attached hydrogen (secondary N) is 2. The minimum absolute atomic E-state index is 0.120. The van der Waals surface area contributed by atoms with Crippen LogP contribution in [-0.2, 0) is 19.1 Å². The lowest BCUT2D eigenvalue weighted by molar-refractivity contribution is -0.139. The second-order valence-electron chi connectivity index (χ2n) is 9.06. The number of ether oxygens (including phenoxy) is 1. The van der Waals surface area contributed by atoms with Crippen molar-refractivity contribution in [3.05, 3.63) is 12.7 Å². The molecule has 3 atom stereocenters. The molecule has 0 spiro atoms. The van der Waals surface area contributed by atoms with Crippen LogP contribution in [0.15, 0.2) is 12.7 Å². The predicted octanol–water partition coefficient (Wildman–Crippen LogP) is 3.10. The van der Waals surface area contributed by atoms with Crippen molar-refractivity contribution in [2.45, 2.75) is 96.7 Å². The molecule has 2 rings (SSSR count). The Hall–Kier alpha value is -2.29. The summed E-state index contributed by atoms with van der Waals surface area (Å²) in [4.78, 5) is 49.5. The van der Waals surface area contributed by atoms with Gasteiger partial charge in [0, 0.05) is 13.1 Å². The zero-order valence-corrected chi connectivity index (χ0v) is 22.2. The fourth-order valence-electron chi connectivity index (χ4n) is 3.05. The van der Waals surface area contributed by atoms with E-state index in [1.807, 2.05) is 19.9 Å². The van der Waals surface area contributed by atoms with Gasteiger partial charge in [-0.25, -0.2) is 4.79 Å². The highest BCUT2D eigenvalue weighted by molar-refractivity contribution is 6.30. The third-order valence-electron chi connectivity index (χ3n) is 4.90. The maximum atomic E-state index is 12.9. The summed E-state index contributed by atoms with van der Waals surface area (Å²) in [6.45, 7) is 14.8. The molecule has 9 nitrogen and oxygen atoms in total. The highest BCUT2D eigenvalue weighted by atomic mass is 35.5. The first-order valence-corrected chi connectivity index (χ1v) is 12.4. The van der Waals surface area contributed by atoms with Gasteiger partial charge in [0.25, 0.3) is 0 Å². The lowest BCUT2D eigenvalue weighted by Crippen LogP contribution is -2.54. The number of allylic oxidation sites excluding steroid dienone is 1. The molecule has 0 aromatic rings. The Morgan fingerprint density at radius 3 is 2.21 bits per heavy atom. The van der Waals surface area contributed by atoms with Gasteiger partial charge in [0.1, 0.15) is 23.1 Å². The Bertz CT molecular complexity index is 689. The number of alkyl halides is 1. The maximum absolute atomic E-state index is 12.9. The summed E-state index contributed by atoms with van der Waals surface area (Å²) in [5, 5.41) is 4.40. The number of nitrogens with two attached hydrogens (primary N) is 1. The van der Waals surface area contributed by atoms with Crippen LogP contribution in [-0.4, -0.2) is 64.9 Å². The second kappa shape index (κ2) is 15.6. The molecule has 2 fully saturated rings. The summed E-state index contributed by atoms with van der Waals surface area (Å²) in [7, 11) is 0. The smallest absolute Gasteiger partial charge is 0.408 e. The van der Waals surface area contributed by atoms with Gasteiger partial charge in [0.15, 0.2) is 0 Å². The van der Waals surface area contributed by atoms with Crippen LogP contribution in [0, 0.1) is 5.92 Å². The molecule has 1 saturated carbocycles. The third kappa shape index (κ3) is 12.8. The highest BCUT2D eigenvalue weighted by Crippen LogP contribution is 2.29. The van der Waals surface area contributed by atoms with E-state index in [1.54, 1.807) is 20.8 Å². The van der Waals surface area contributed by atoms with Crippen molar-refractivity contribution in [1.29, 1.82) is 0 Å². The van der Waals surface area contributed by atoms with E-state index in [9.17, 15) is 19.2 Å². The average molecular weight is 503 g/mol. The molecule has 34 heavy (non-hydrogen) atoms. The molecule has 0 bridgehead atoms. The molecule has 0 radical (unpaired) electrons. The van der Waals surface area contributed by atoms with E-state index in [1.165, 1.54) is 24.7 Å². The van der Waals surface area contributed by atoms with Crippen molar-refractivity contribution < 1.29 is 23.9 Å². The normalized spacial score (nSPS) is 18.7. The topological polar surface area (TPSA) is 131 Å². The van der Waals surface area contributed by atoms with E-state index in [-0.39, 0.29) is 18.9 Å². The quantitative estimate of drug-likeness (QED) is 0.346. The molecule has 4 amide bonds. The Labute approximate surface area is 209 Å². The summed E-state index contributed by atoms with van der Waals surface area (Å²) in [6, 6.07) is -1.66. The number of carbonyl (C=O) groups excluding carboxylic acids is 4. The van der Waals surface area contributed by atoms with Crippen LogP contribution in [0.2, 0.25) is 0 Å². The Morgan fingerprint density at radius 2 is 1.79 bits per heavy atom. The van der Waals surface area contributed by atoms with Crippen LogP contribution in [0.3, 0.4) is 0 Å². The van der Waals surface area contributed by atoms with Gasteiger partial charge in [0.05, 0.1) is 0 Å². The summed E-state index contributed by atoms with van der Waals surface area (Å²) in [5.41, 5.74) is 4.63. The minimum Gasteiger partial charge on any atom is -0.444 e. The molecule has 4 N–H and O–H groups in total. The fourth-order valence-corrected chi connectivity index (χ4v) is 3.12. The van der Waals surface area contributed by atoms with E-state index in [4.69, 9.17) is 22.1 Å².